The van der Waals surface area contributed by atoms with Crippen LogP contribution in [0.5, 0.6) is 0 Å². The molecule has 9 heteroatoms. The average Bonchev–Trinajstić information content (AvgIpc) is 3.42. The Kier molecular flexibility index (Phi) is 61.3. The maximum absolute atomic E-state index is 13.1. The summed E-state index contributed by atoms with van der Waals surface area (Å²) in [4.78, 5) is 23.5. The minimum absolute atomic E-state index is 0.0751. The summed E-state index contributed by atoms with van der Waals surface area (Å²) in [5, 5.41) is 14.2. The second kappa shape index (κ2) is 62.3. The number of quaternary nitrogens is 1. The van der Waals surface area contributed by atoms with Gasteiger partial charge in [0.1, 0.15) is 13.2 Å². The maximum Gasteiger partial charge on any atom is 0.472 e. The zero-order valence-electron chi connectivity index (χ0n) is 54.3. The van der Waals surface area contributed by atoms with Crippen LogP contribution in [0.25, 0.3) is 0 Å². The number of nitrogens with one attached hydrogen (secondary N) is 1. The van der Waals surface area contributed by atoms with Gasteiger partial charge in [0.15, 0.2) is 0 Å². The Bertz CT molecular complexity index is 1400. The third-order valence-corrected chi connectivity index (χ3v) is 17.4. The van der Waals surface area contributed by atoms with Crippen LogP contribution in [0.15, 0.2) is 36.5 Å². The first kappa shape index (κ1) is 78.7. The number of nitrogens with zero attached hydrogens (tertiary/aromatic N) is 1. The minimum atomic E-state index is -4.33. The van der Waals surface area contributed by atoms with Crippen molar-refractivity contribution in [1.82, 2.24) is 5.32 Å². The van der Waals surface area contributed by atoms with Crippen molar-refractivity contribution in [1.29, 1.82) is 0 Å². The lowest BCUT2D eigenvalue weighted by atomic mass is 10.0. The first-order valence-corrected chi connectivity index (χ1v) is 36.8. The van der Waals surface area contributed by atoms with Gasteiger partial charge in [0, 0.05) is 6.42 Å². The molecule has 0 saturated carbocycles. The van der Waals surface area contributed by atoms with Gasteiger partial charge in [0.05, 0.1) is 39.9 Å². The van der Waals surface area contributed by atoms with Gasteiger partial charge in [-0.1, -0.05) is 339 Å². The van der Waals surface area contributed by atoms with Gasteiger partial charge in [-0.2, -0.15) is 0 Å². The van der Waals surface area contributed by atoms with Gasteiger partial charge in [-0.05, 0) is 51.4 Å². The van der Waals surface area contributed by atoms with Gasteiger partial charge in [-0.15, -0.1) is 0 Å². The van der Waals surface area contributed by atoms with Crippen LogP contribution in [0.3, 0.4) is 0 Å². The molecule has 474 valence electrons. The smallest absolute Gasteiger partial charge is 0.391 e. The van der Waals surface area contributed by atoms with Gasteiger partial charge in [0.2, 0.25) is 5.91 Å². The maximum atomic E-state index is 13.1. The van der Waals surface area contributed by atoms with Crippen LogP contribution < -0.4 is 5.32 Å². The van der Waals surface area contributed by atoms with E-state index in [2.05, 4.69) is 55.6 Å². The highest BCUT2D eigenvalue weighted by Gasteiger charge is 2.28. The molecular formula is C71H140N2O6P+. The lowest BCUT2D eigenvalue weighted by Gasteiger charge is -2.26. The molecule has 0 bridgehead atoms. The molecule has 0 saturated heterocycles. The quantitative estimate of drug-likeness (QED) is 0.0243. The summed E-state index contributed by atoms with van der Waals surface area (Å²) >= 11 is 0. The number of amides is 1. The number of hydrogen-bond acceptors (Lipinski definition) is 5. The van der Waals surface area contributed by atoms with Crippen molar-refractivity contribution in [2.75, 3.05) is 40.9 Å². The SMILES string of the molecule is CCCCCCC/C=C\C/C=C\C/C=C\CCCCCCCCCCCCCCC(=O)NC(COP(=O)(O)OCC[N+](C)(C)C)C(O)CCCCCCCCCCCCCCCCCCCCCCCCCCCCCCCCC. The van der Waals surface area contributed by atoms with Crippen molar-refractivity contribution in [3.63, 3.8) is 0 Å². The molecule has 0 spiro atoms. The van der Waals surface area contributed by atoms with Gasteiger partial charge in [0.25, 0.3) is 0 Å². The molecule has 0 aromatic carbocycles. The van der Waals surface area contributed by atoms with E-state index in [0.717, 1.165) is 51.4 Å². The van der Waals surface area contributed by atoms with Crippen molar-refractivity contribution in [3.05, 3.63) is 36.5 Å². The summed E-state index contributed by atoms with van der Waals surface area (Å²) in [7, 11) is 1.63. The molecule has 3 N–H and O–H groups in total. The molecular weight excluding hydrogens is 1010 g/mol. The number of phosphoric acid groups is 1. The molecule has 3 atom stereocenters. The van der Waals surface area contributed by atoms with Gasteiger partial charge in [-0.25, -0.2) is 4.57 Å². The Morgan fingerprint density at radius 3 is 1.04 bits per heavy atom. The van der Waals surface area contributed by atoms with E-state index in [4.69, 9.17) is 9.05 Å². The number of aliphatic hydroxyl groups is 1. The van der Waals surface area contributed by atoms with Crippen molar-refractivity contribution in [2.24, 2.45) is 0 Å². The molecule has 0 aliphatic rings. The Labute approximate surface area is 499 Å². The topological polar surface area (TPSA) is 105 Å². The summed E-state index contributed by atoms with van der Waals surface area (Å²) in [6, 6.07) is -0.764. The van der Waals surface area contributed by atoms with Crippen LogP contribution in [0, 0.1) is 0 Å². The number of allylic oxidation sites excluding steroid dienone is 6. The lowest BCUT2D eigenvalue weighted by Crippen LogP contribution is -2.46. The van der Waals surface area contributed by atoms with E-state index < -0.39 is 20.0 Å². The molecule has 0 radical (unpaired) electrons. The van der Waals surface area contributed by atoms with Crippen molar-refractivity contribution >= 4 is 13.7 Å². The second-order valence-corrected chi connectivity index (χ2v) is 27.1. The zero-order chi connectivity index (χ0) is 58.4. The summed E-state index contributed by atoms with van der Waals surface area (Å²) in [6.45, 7) is 4.93. The largest absolute Gasteiger partial charge is 0.472 e. The monoisotopic (exact) mass is 1150 g/mol. The number of hydrogen-bond donors (Lipinski definition) is 3. The van der Waals surface area contributed by atoms with Gasteiger partial charge in [-0.3, -0.25) is 13.8 Å². The van der Waals surface area contributed by atoms with E-state index in [1.54, 1.807) is 0 Å². The number of rotatable bonds is 66. The fraction of sp³-hybridized carbons (Fsp3) is 0.901. The Morgan fingerprint density at radius 1 is 0.425 bits per heavy atom. The molecule has 3 unspecified atom stereocenters. The molecule has 80 heavy (non-hydrogen) atoms. The standard InChI is InChI=1S/C71H139N2O6P/c1-6-8-10-12-14-16-18-20-22-24-26-28-30-32-34-35-36-37-39-40-42-44-46-48-50-52-54-56-58-60-62-64-70(74)69(68-79-80(76,77)78-67-66-73(3,4)5)72-71(75)65-63-61-59-57-55-53-51-49-47-45-43-41-38-33-31-29-27-25-23-21-19-17-15-13-11-9-7-2/h19,21,25,27,31,33,69-70,74H,6-18,20,22-24,26,28-30,32,34-68H2,1-5H3,(H-,72,75,76,77)/p+1/b21-19-,27-25-,33-31-. The van der Waals surface area contributed by atoms with Crippen molar-refractivity contribution < 1.29 is 32.9 Å². The number of likely N-dealkylation sites (N-methyl/N-ethyl adjacent to an activating group) is 1. The third kappa shape index (κ3) is 64.3. The Hall–Kier alpha value is -1.28. The number of carbonyl (C=O) groups excluding carboxylic acids is 1. The van der Waals surface area contributed by atoms with Crippen LogP contribution in [-0.2, 0) is 18.4 Å². The van der Waals surface area contributed by atoms with Crippen LogP contribution in [0.2, 0.25) is 0 Å². The molecule has 0 heterocycles. The van der Waals surface area contributed by atoms with Crippen molar-refractivity contribution in [3.8, 4) is 0 Å². The zero-order valence-corrected chi connectivity index (χ0v) is 55.2. The summed E-state index contributed by atoms with van der Waals surface area (Å²) < 4.78 is 23.9. The predicted octanol–water partition coefficient (Wildman–Crippen LogP) is 22.4. The van der Waals surface area contributed by atoms with E-state index >= 15 is 0 Å². The summed E-state index contributed by atoms with van der Waals surface area (Å²) in [5.74, 6) is -0.141. The van der Waals surface area contributed by atoms with Gasteiger partial charge < -0.3 is 19.8 Å². The highest BCUT2D eigenvalue weighted by atomic mass is 31.2. The predicted molar refractivity (Wildman–Crippen MR) is 351 cm³/mol. The van der Waals surface area contributed by atoms with E-state index in [0.29, 0.717) is 23.9 Å². The first-order valence-electron chi connectivity index (χ1n) is 35.4. The first-order chi connectivity index (χ1) is 39.0. The third-order valence-electron chi connectivity index (χ3n) is 16.4. The van der Waals surface area contributed by atoms with Crippen LogP contribution >= 0.6 is 7.82 Å². The van der Waals surface area contributed by atoms with E-state index in [1.807, 2.05) is 21.1 Å². The van der Waals surface area contributed by atoms with Crippen LogP contribution in [-0.4, -0.2) is 73.4 Å². The fourth-order valence-electron chi connectivity index (χ4n) is 10.9. The van der Waals surface area contributed by atoms with Crippen molar-refractivity contribution in [2.45, 2.75) is 373 Å². The van der Waals surface area contributed by atoms with E-state index in [1.165, 1.54) is 283 Å². The van der Waals surface area contributed by atoms with Crippen LogP contribution in [0.4, 0.5) is 0 Å². The number of aliphatic hydroxyl groups excluding tert-OH is 1. The van der Waals surface area contributed by atoms with Gasteiger partial charge >= 0.3 is 7.82 Å². The molecule has 0 aliphatic carbocycles. The average molecular weight is 1150 g/mol. The normalized spacial score (nSPS) is 13.8. The Morgan fingerprint density at radius 2 is 0.713 bits per heavy atom. The molecule has 1 amide bonds. The number of phosphoric ester groups is 1. The fourth-order valence-corrected chi connectivity index (χ4v) is 11.6. The molecule has 0 fully saturated rings. The van der Waals surface area contributed by atoms with E-state index in [-0.39, 0.29) is 19.1 Å². The van der Waals surface area contributed by atoms with Crippen LogP contribution in [0.1, 0.15) is 361 Å². The number of unbranched alkanes of at least 4 members (excludes halogenated alkanes) is 47. The molecule has 8 nitrogen and oxygen atoms in total. The molecule has 0 aliphatic heterocycles. The number of carbonyl (C=O) groups is 1. The summed E-state index contributed by atoms with van der Waals surface area (Å²) in [6.07, 6.45) is 82.5. The molecule has 0 rings (SSSR count). The summed E-state index contributed by atoms with van der Waals surface area (Å²) in [5.41, 5.74) is 0. The molecule has 0 aromatic rings. The molecule has 0 aromatic heterocycles. The lowest BCUT2D eigenvalue weighted by molar-refractivity contribution is -0.870. The Balaban J connectivity index is 4.02. The highest BCUT2D eigenvalue weighted by Crippen LogP contribution is 2.43. The highest BCUT2D eigenvalue weighted by molar-refractivity contribution is 7.47. The second-order valence-electron chi connectivity index (χ2n) is 25.6. The minimum Gasteiger partial charge on any atom is -0.391 e. The van der Waals surface area contributed by atoms with E-state index in [9.17, 15) is 19.4 Å².